The Morgan fingerprint density at radius 2 is 2.21 bits per heavy atom. The first-order chi connectivity index (χ1) is 13.7. The Hall–Kier alpha value is -3.09. The van der Waals surface area contributed by atoms with Gasteiger partial charge in [0.05, 0.1) is 13.2 Å². The lowest BCUT2D eigenvalue weighted by Crippen LogP contribution is -2.33. The van der Waals surface area contributed by atoms with Crippen LogP contribution in [0.5, 0.6) is 5.75 Å². The molecule has 1 aliphatic heterocycles. The number of benzene rings is 1. The second-order valence-electron chi connectivity index (χ2n) is 7.04. The fourth-order valence-electron chi connectivity index (χ4n) is 3.80. The highest BCUT2D eigenvalue weighted by Crippen LogP contribution is 2.28. The number of anilines is 1. The van der Waals surface area contributed by atoms with Gasteiger partial charge in [-0.25, -0.2) is 14.8 Å². The van der Waals surface area contributed by atoms with E-state index in [0.717, 1.165) is 47.7 Å². The summed E-state index contributed by atoms with van der Waals surface area (Å²) in [7, 11) is 1.61. The van der Waals surface area contributed by atoms with E-state index in [1.54, 1.807) is 13.3 Å². The second-order valence-corrected chi connectivity index (χ2v) is 7.04. The molecule has 3 aromatic rings. The van der Waals surface area contributed by atoms with Gasteiger partial charge in [-0.2, -0.15) is 0 Å². The summed E-state index contributed by atoms with van der Waals surface area (Å²) in [5.74, 6) is 1.77. The lowest BCUT2D eigenvalue weighted by Gasteiger charge is -2.19. The third-order valence-corrected chi connectivity index (χ3v) is 5.13. The maximum atomic E-state index is 12.7. The van der Waals surface area contributed by atoms with Crippen LogP contribution in [-0.2, 0) is 6.42 Å². The number of pyridine rings is 1. The van der Waals surface area contributed by atoms with Crippen LogP contribution < -0.4 is 10.1 Å². The van der Waals surface area contributed by atoms with Crippen molar-refractivity contribution in [2.75, 3.05) is 25.5 Å². The molecule has 1 aromatic carbocycles. The second kappa shape index (κ2) is 7.88. The molecule has 28 heavy (non-hydrogen) atoms. The number of amides is 2. The van der Waals surface area contributed by atoms with Crippen LogP contribution in [0.4, 0.5) is 10.5 Å². The highest BCUT2D eigenvalue weighted by Gasteiger charge is 2.30. The Morgan fingerprint density at radius 1 is 1.32 bits per heavy atom. The summed E-state index contributed by atoms with van der Waals surface area (Å²) >= 11 is 0. The molecule has 3 heterocycles. The average Bonchev–Trinajstić information content (AvgIpc) is 3.32. The number of carbonyl (C=O) groups excluding carboxylic acids is 1. The molecule has 1 aliphatic rings. The van der Waals surface area contributed by atoms with Gasteiger partial charge >= 0.3 is 6.03 Å². The minimum Gasteiger partial charge on any atom is -0.497 e. The van der Waals surface area contributed by atoms with Gasteiger partial charge in [-0.1, -0.05) is 13.0 Å². The molecule has 0 unspecified atom stereocenters. The summed E-state index contributed by atoms with van der Waals surface area (Å²) in [6.07, 6.45) is 4.63. The Labute approximate surface area is 164 Å². The van der Waals surface area contributed by atoms with Crippen LogP contribution in [0.15, 0.2) is 42.6 Å². The Bertz CT molecular complexity index is 984. The third-order valence-electron chi connectivity index (χ3n) is 5.13. The molecule has 7 heteroatoms. The van der Waals surface area contributed by atoms with Gasteiger partial charge in [0.15, 0.2) is 5.65 Å². The van der Waals surface area contributed by atoms with E-state index in [1.807, 2.05) is 41.3 Å². The summed E-state index contributed by atoms with van der Waals surface area (Å²) in [4.78, 5) is 23.9. The monoisotopic (exact) mass is 379 g/mol. The first-order valence-electron chi connectivity index (χ1n) is 9.71. The Kier molecular flexibility index (Phi) is 5.14. The van der Waals surface area contributed by atoms with Crippen molar-refractivity contribution >= 4 is 22.9 Å². The summed E-state index contributed by atoms with van der Waals surface area (Å²) in [5.41, 5.74) is 2.56. The van der Waals surface area contributed by atoms with E-state index in [4.69, 9.17) is 9.72 Å². The van der Waals surface area contributed by atoms with Crippen LogP contribution >= 0.6 is 0 Å². The number of methoxy groups -OCH3 is 1. The molecule has 0 radical (unpaired) electrons. The summed E-state index contributed by atoms with van der Waals surface area (Å²) in [6, 6.07) is 11.4. The lowest BCUT2D eigenvalue weighted by atomic mass is 10.2. The number of likely N-dealkylation sites (tertiary alicyclic amines) is 1. The van der Waals surface area contributed by atoms with Gasteiger partial charge in [0.1, 0.15) is 17.1 Å². The molecule has 1 saturated heterocycles. The molecule has 0 aliphatic carbocycles. The molecule has 2 aromatic heterocycles. The average molecular weight is 379 g/mol. The number of rotatable bonds is 5. The number of aryl methyl sites for hydroxylation is 1. The topological polar surface area (TPSA) is 72.3 Å². The van der Waals surface area contributed by atoms with Crippen LogP contribution in [0.25, 0.3) is 11.2 Å². The van der Waals surface area contributed by atoms with Crippen molar-refractivity contribution in [3.63, 3.8) is 0 Å². The quantitative estimate of drug-likeness (QED) is 0.730. The minimum absolute atomic E-state index is 0.0924. The Morgan fingerprint density at radius 3 is 3.04 bits per heavy atom. The SMILES string of the molecule is CCCc1nc2cccnc2n1[C@H]1CCN(C(=O)Nc2cccc(OC)c2)C1. The van der Waals surface area contributed by atoms with Gasteiger partial charge in [-0.15, -0.1) is 0 Å². The number of imidazole rings is 1. The van der Waals surface area contributed by atoms with Gasteiger partial charge in [0, 0.05) is 37.5 Å². The molecule has 7 nitrogen and oxygen atoms in total. The molecule has 1 atom stereocenters. The molecule has 1 N–H and O–H groups in total. The number of hydrogen-bond acceptors (Lipinski definition) is 4. The maximum absolute atomic E-state index is 12.7. The van der Waals surface area contributed by atoms with E-state index >= 15 is 0 Å². The van der Waals surface area contributed by atoms with E-state index < -0.39 is 0 Å². The standard InChI is InChI=1S/C21H25N5O2/c1-3-6-19-24-18-9-5-11-22-20(18)26(19)16-10-12-25(14-16)21(27)23-15-7-4-8-17(13-15)28-2/h4-5,7-9,11,13,16H,3,6,10,12,14H2,1-2H3,(H,23,27)/t16-/m0/s1. The number of aromatic nitrogens is 3. The molecular weight excluding hydrogens is 354 g/mol. The first-order valence-corrected chi connectivity index (χ1v) is 9.71. The first kappa shape index (κ1) is 18.3. The van der Waals surface area contributed by atoms with Crippen LogP contribution in [-0.4, -0.2) is 45.7 Å². The minimum atomic E-state index is -0.0924. The summed E-state index contributed by atoms with van der Waals surface area (Å²) in [5, 5.41) is 2.97. The number of fused-ring (bicyclic) bond motifs is 1. The van der Waals surface area contributed by atoms with E-state index in [-0.39, 0.29) is 12.1 Å². The fourth-order valence-corrected chi connectivity index (χ4v) is 3.80. The van der Waals surface area contributed by atoms with Crippen LogP contribution in [0.2, 0.25) is 0 Å². The van der Waals surface area contributed by atoms with E-state index in [9.17, 15) is 4.79 Å². The van der Waals surface area contributed by atoms with Crippen molar-refractivity contribution in [1.82, 2.24) is 19.4 Å². The molecule has 1 fully saturated rings. The number of hydrogen-bond donors (Lipinski definition) is 1. The molecular formula is C21H25N5O2. The lowest BCUT2D eigenvalue weighted by molar-refractivity contribution is 0.221. The maximum Gasteiger partial charge on any atom is 0.321 e. The molecule has 146 valence electrons. The van der Waals surface area contributed by atoms with Crippen molar-refractivity contribution < 1.29 is 9.53 Å². The third kappa shape index (κ3) is 3.52. The molecule has 0 bridgehead atoms. The van der Waals surface area contributed by atoms with Crippen molar-refractivity contribution in [3.8, 4) is 5.75 Å². The van der Waals surface area contributed by atoms with Crippen molar-refractivity contribution in [2.45, 2.75) is 32.2 Å². The number of ether oxygens (including phenoxy) is 1. The van der Waals surface area contributed by atoms with Gasteiger partial charge in [-0.3, -0.25) is 0 Å². The largest absolute Gasteiger partial charge is 0.497 e. The zero-order valence-electron chi connectivity index (χ0n) is 16.3. The Balaban J connectivity index is 1.51. The zero-order chi connectivity index (χ0) is 19.5. The van der Waals surface area contributed by atoms with Crippen molar-refractivity contribution in [2.24, 2.45) is 0 Å². The highest BCUT2D eigenvalue weighted by molar-refractivity contribution is 5.89. The number of urea groups is 1. The highest BCUT2D eigenvalue weighted by atomic mass is 16.5. The van der Waals surface area contributed by atoms with Crippen molar-refractivity contribution in [1.29, 1.82) is 0 Å². The van der Waals surface area contributed by atoms with Gasteiger partial charge in [-0.05, 0) is 37.1 Å². The van der Waals surface area contributed by atoms with Crippen molar-refractivity contribution in [3.05, 3.63) is 48.4 Å². The molecule has 0 spiro atoms. The van der Waals surface area contributed by atoms with E-state index in [1.165, 1.54) is 0 Å². The van der Waals surface area contributed by atoms with Crippen LogP contribution in [0, 0.1) is 0 Å². The van der Waals surface area contributed by atoms with Gasteiger partial charge in [0.25, 0.3) is 0 Å². The zero-order valence-corrected chi connectivity index (χ0v) is 16.3. The fraction of sp³-hybridized carbons (Fsp3) is 0.381. The number of nitrogens with zero attached hydrogens (tertiary/aromatic N) is 4. The predicted octanol–water partition coefficient (Wildman–Crippen LogP) is 3.87. The molecule has 2 amide bonds. The normalized spacial score (nSPS) is 16.5. The van der Waals surface area contributed by atoms with Gasteiger partial charge < -0.3 is 19.5 Å². The van der Waals surface area contributed by atoms with Crippen LogP contribution in [0.1, 0.15) is 31.6 Å². The predicted molar refractivity (Wildman–Crippen MR) is 109 cm³/mol. The molecule has 0 saturated carbocycles. The van der Waals surface area contributed by atoms with Crippen LogP contribution in [0.3, 0.4) is 0 Å². The smallest absolute Gasteiger partial charge is 0.321 e. The van der Waals surface area contributed by atoms with E-state index in [2.05, 4.69) is 21.8 Å². The molecule has 4 rings (SSSR count). The van der Waals surface area contributed by atoms with E-state index in [0.29, 0.717) is 13.1 Å². The number of carbonyl (C=O) groups is 1. The number of nitrogens with one attached hydrogen (secondary N) is 1. The summed E-state index contributed by atoms with van der Waals surface area (Å²) in [6.45, 7) is 3.51. The summed E-state index contributed by atoms with van der Waals surface area (Å²) < 4.78 is 7.46. The van der Waals surface area contributed by atoms with Gasteiger partial charge in [0.2, 0.25) is 0 Å².